The Hall–Kier alpha value is -2.96. The Balaban J connectivity index is 2.06. The summed E-state index contributed by atoms with van der Waals surface area (Å²) in [7, 11) is 1.83. The first-order valence-corrected chi connectivity index (χ1v) is 7.77. The van der Waals surface area contributed by atoms with Crippen molar-refractivity contribution in [3.8, 4) is 11.3 Å². The second-order valence-corrected chi connectivity index (χ2v) is 5.38. The predicted molar refractivity (Wildman–Crippen MR) is 90.7 cm³/mol. The van der Waals surface area contributed by atoms with E-state index < -0.39 is 6.04 Å². The molecule has 0 fully saturated rings. The maximum absolute atomic E-state index is 12.1. The summed E-state index contributed by atoms with van der Waals surface area (Å²) in [6.45, 7) is 3.94. The molecule has 2 aromatic heterocycles. The number of carbonyl (C=O) groups excluding carboxylic acids is 1. The third kappa shape index (κ3) is 2.92. The summed E-state index contributed by atoms with van der Waals surface area (Å²) >= 11 is 0. The first-order chi connectivity index (χ1) is 11.6. The molecule has 24 heavy (non-hydrogen) atoms. The van der Waals surface area contributed by atoms with E-state index in [0.717, 1.165) is 17.1 Å². The van der Waals surface area contributed by atoms with Crippen molar-refractivity contribution in [2.75, 3.05) is 18.6 Å². The summed E-state index contributed by atoms with van der Waals surface area (Å²) in [6.07, 6.45) is 1.45. The molecule has 0 aliphatic carbocycles. The molecule has 0 aliphatic heterocycles. The van der Waals surface area contributed by atoms with Crippen LogP contribution in [0.4, 0.5) is 5.82 Å². The SMILES string of the molecule is CCOC(=O)[C@H](C)N(C)c1cc(-c2ccccc2)nc2ncnn12. The molecule has 0 spiro atoms. The van der Waals surface area contributed by atoms with E-state index >= 15 is 0 Å². The van der Waals surface area contributed by atoms with Crippen LogP contribution in [0.25, 0.3) is 17.0 Å². The quantitative estimate of drug-likeness (QED) is 0.670. The van der Waals surface area contributed by atoms with E-state index in [0.29, 0.717) is 12.4 Å². The monoisotopic (exact) mass is 325 g/mol. The van der Waals surface area contributed by atoms with Crippen LogP contribution in [0, 0.1) is 0 Å². The van der Waals surface area contributed by atoms with Gasteiger partial charge in [-0.05, 0) is 13.8 Å². The summed E-state index contributed by atoms with van der Waals surface area (Å²) < 4.78 is 6.73. The standard InChI is InChI=1S/C17H19N5O2/c1-4-24-16(23)12(2)21(3)15-10-14(13-8-6-5-7-9-13)20-17-18-11-19-22(15)17/h5-12H,4H2,1-3H3/t12-/m0/s1. The molecule has 0 unspecified atom stereocenters. The van der Waals surface area contributed by atoms with Crippen LogP contribution < -0.4 is 4.90 Å². The number of fused-ring (bicyclic) bond motifs is 1. The van der Waals surface area contributed by atoms with E-state index in [9.17, 15) is 4.79 Å². The minimum atomic E-state index is -0.455. The lowest BCUT2D eigenvalue weighted by Crippen LogP contribution is -2.38. The lowest BCUT2D eigenvalue weighted by Gasteiger charge is -2.25. The fourth-order valence-corrected chi connectivity index (χ4v) is 2.42. The Morgan fingerprint density at radius 2 is 2.08 bits per heavy atom. The van der Waals surface area contributed by atoms with Gasteiger partial charge in [-0.2, -0.15) is 14.6 Å². The van der Waals surface area contributed by atoms with Crippen LogP contribution >= 0.6 is 0 Å². The van der Waals surface area contributed by atoms with Gasteiger partial charge in [-0.1, -0.05) is 30.3 Å². The van der Waals surface area contributed by atoms with Crippen LogP contribution in [-0.4, -0.2) is 45.2 Å². The van der Waals surface area contributed by atoms with Crippen molar-refractivity contribution in [2.45, 2.75) is 19.9 Å². The Morgan fingerprint density at radius 3 is 2.79 bits per heavy atom. The Labute approximate surface area is 139 Å². The van der Waals surface area contributed by atoms with Gasteiger partial charge in [0.05, 0.1) is 12.3 Å². The molecule has 0 amide bonds. The zero-order valence-corrected chi connectivity index (χ0v) is 13.9. The molecule has 0 aliphatic rings. The van der Waals surface area contributed by atoms with E-state index in [4.69, 9.17) is 4.74 Å². The van der Waals surface area contributed by atoms with Gasteiger partial charge >= 0.3 is 5.97 Å². The zero-order chi connectivity index (χ0) is 17.1. The Morgan fingerprint density at radius 1 is 1.33 bits per heavy atom. The molecule has 0 bridgehead atoms. The molecule has 1 atom stereocenters. The van der Waals surface area contributed by atoms with Gasteiger partial charge in [0.25, 0.3) is 5.78 Å². The summed E-state index contributed by atoms with van der Waals surface area (Å²) in [5, 5.41) is 4.21. The van der Waals surface area contributed by atoms with Gasteiger partial charge in [0, 0.05) is 18.7 Å². The number of likely N-dealkylation sites (N-methyl/N-ethyl adjacent to an activating group) is 1. The first kappa shape index (κ1) is 15.9. The second-order valence-electron chi connectivity index (χ2n) is 5.38. The number of hydrogen-bond acceptors (Lipinski definition) is 6. The average Bonchev–Trinajstić information content (AvgIpc) is 3.09. The normalized spacial score (nSPS) is 12.1. The Bertz CT molecular complexity index is 847. The largest absolute Gasteiger partial charge is 0.464 e. The topological polar surface area (TPSA) is 72.6 Å². The summed E-state index contributed by atoms with van der Waals surface area (Å²) in [5.74, 6) is 0.914. The number of benzene rings is 1. The molecule has 7 nitrogen and oxygen atoms in total. The molecule has 0 saturated carbocycles. The van der Waals surface area contributed by atoms with Gasteiger partial charge in [0.2, 0.25) is 0 Å². The van der Waals surface area contributed by atoms with E-state index in [-0.39, 0.29) is 5.97 Å². The second kappa shape index (κ2) is 6.66. The van der Waals surface area contributed by atoms with Gasteiger partial charge in [0.15, 0.2) is 0 Å². The highest BCUT2D eigenvalue weighted by Crippen LogP contribution is 2.24. The van der Waals surface area contributed by atoms with Crippen LogP contribution in [0.1, 0.15) is 13.8 Å². The highest BCUT2D eigenvalue weighted by atomic mass is 16.5. The minimum Gasteiger partial charge on any atom is -0.464 e. The molecule has 0 radical (unpaired) electrons. The number of esters is 1. The number of rotatable bonds is 5. The maximum Gasteiger partial charge on any atom is 0.328 e. The third-order valence-corrected chi connectivity index (χ3v) is 3.87. The van der Waals surface area contributed by atoms with Crippen molar-refractivity contribution in [1.29, 1.82) is 0 Å². The van der Waals surface area contributed by atoms with E-state index in [1.54, 1.807) is 18.4 Å². The van der Waals surface area contributed by atoms with E-state index in [1.807, 2.05) is 48.3 Å². The number of ether oxygens (including phenoxy) is 1. The fraction of sp³-hybridized carbons (Fsp3) is 0.294. The Kier molecular flexibility index (Phi) is 4.41. The van der Waals surface area contributed by atoms with Crippen molar-refractivity contribution in [3.63, 3.8) is 0 Å². The van der Waals surface area contributed by atoms with Gasteiger partial charge in [0.1, 0.15) is 18.2 Å². The maximum atomic E-state index is 12.1. The molecule has 124 valence electrons. The number of anilines is 1. The van der Waals surface area contributed by atoms with E-state index in [2.05, 4.69) is 15.1 Å². The first-order valence-electron chi connectivity index (χ1n) is 7.77. The molecule has 0 saturated heterocycles. The molecule has 1 aromatic carbocycles. The van der Waals surface area contributed by atoms with Gasteiger partial charge < -0.3 is 9.64 Å². The summed E-state index contributed by atoms with van der Waals surface area (Å²) in [5.41, 5.74) is 1.75. The highest BCUT2D eigenvalue weighted by Gasteiger charge is 2.23. The lowest BCUT2D eigenvalue weighted by atomic mass is 10.1. The van der Waals surface area contributed by atoms with Crippen molar-refractivity contribution in [2.24, 2.45) is 0 Å². The number of carbonyl (C=O) groups is 1. The molecular formula is C17H19N5O2. The average molecular weight is 325 g/mol. The summed E-state index contributed by atoms with van der Waals surface area (Å²) in [4.78, 5) is 22.6. The van der Waals surface area contributed by atoms with Crippen LogP contribution in [0.15, 0.2) is 42.7 Å². The van der Waals surface area contributed by atoms with Crippen LogP contribution in [0.2, 0.25) is 0 Å². The fourth-order valence-electron chi connectivity index (χ4n) is 2.42. The van der Waals surface area contributed by atoms with Crippen molar-refractivity contribution < 1.29 is 9.53 Å². The van der Waals surface area contributed by atoms with Crippen molar-refractivity contribution in [1.82, 2.24) is 19.6 Å². The zero-order valence-electron chi connectivity index (χ0n) is 13.9. The third-order valence-electron chi connectivity index (χ3n) is 3.87. The van der Waals surface area contributed by atoms with Crippen LogP contribution in [-0.2, 0) is 9.53 Å². The van der Waals surface area contributed by atoms with Gasteiger partial charge in [-0.25, -0.2) is 9.78 Å². The molecular weight excluding hydrogens is 306 g/mol. The van der Waals surface area contributed by atoms with Gasteiger partial charge in [-0.3, -0.25) is 0 Å². The number of hydrogen-bond donors (Lipinski definition) is 0. The van der Waals surface area contributed by atoms with E-state index in [1.165, 1.54) is 6.33 Å². The minimum absolute atomic E-state index is 0.286. The molecule has 3 aromatic rings. The lowest BCUT2D eigenvalue weighted by molar-refractivity contribution is -0.144. The van der Waals surface area contributed by atoms with Crippen molar-refractivity contribution >= 4 is 17.6 Å². The predicted octanol–water partition coefficient (Wildman–Crippen LogP) is 2.18. The number of nitrogens with zero attached hydrogens (tertiary/aromatic N) is 5. The van der Waals surface area contributed by atoms with Gasteiger partial charge in [-0.15, -0.1) is 0 Å². The number of aromatic nitrogens is 4. The molecule has 3 rings (SSSR count). The van der Waals surface area contributed by atoms with Crippen LogP contribution in [0.3, 0.4) is 0 Å². The smallest absolute Gasteiger partial charge is 0.328 e. The highest BCUT2D eigenvalue weighted by molar-refractivity contribution is 5.79. The summed E-state index contributed by atoms with van der Waals surface area (Å²) in [6, 6.07) is 11.3. The van der Waals surface area contributed by atoms with Crippen LogP contribution in [0.5, 0.6) is 0 Å². The molecule has 2 heterocycles. The molecule has 0 N–H and O–H groups in total. The molecule has 7 heteroatoms. The van der Waals surface area contributed by atoms with Crippen molar-refractivity contribution in [3.05, 3.63) is 42.7 Å².